The lowest BCUT2D eigenvalue weighted by Gasteiger charge is -2.22. The molecule has 0 aliphatic carbocycles. The molecule has 3 nitrogen and oxygen atoms in total. The van der Waals surface area contributed by atoms with Gasteiger partial charge in [-0.05, 0) is 24.3 Å². The topological polar surface area (TPSA) is 37.4 Å². The van der Waals surface area contributed by atoms with Crippen molar-refractivity contribution in [2.45, 2.75) is 6.92 Å². The van der Waals surface area contributed by atoms with Crippen LogP contribution in [-0.2, 0) is 4.79 Å². The number of hydrogen-bond donors (Lipinski definition) is 0. The minimum atomic E-state index is -0.373. The fourth-order valence-electron chi connectivity index (χ4n) is 1.61. The highest BCUT2D eigenvalue weighted by atomic mass is 32.2. The molecule has 0 aromatic heterocycles. The average molecular weight is 265 g/mol. The summed E-state index contributed by atoms with van der Waals surface area (Å²) in [6, 6.07) is 5.41. The van der Waals surface area contributed by atoms with Crippen molar-refractivity contribution in [2.75, 3.05) is 12.3 Å². The highest BCUT2D eigenvalue weighted by Gasteiger charge is 2.20. The largest absolute Gasteiger partial charge is 0.317 e. The highest BCUT2D eigenvalue weighted by Crippen LogP contribution is 2.25. The molecule has 0 saturated heterocycles. The van der Waals surface area contributed by atoms with Crippen molar-refractivity contribution in [2.24, 2.45) is 0 Å². The molecule has 0 N–H and O–H groups in total. The van der Waals surface area contributed by atoms with Crippen LogP contribution in [0.4, 0.5) is 4.39 Å². The normalized spacial score (nSPS) is 15.2. The van der Waals surface area contributed by atoms with Gasteiger partial charge in [0.05, 0.1) is 4.91 Å². The number of rotatable bonds is 2. The van der Waals surface area contributed by atoms with Gasteiger partial charge in [0.15, 0.2) is 0 Å². The molecule has 0 bridgehead atoms. The number of halogens is 1. The van der Waals surface area contributed by atoms with E-state index in [-0.39, 0.29) is 17.5 Å². The number of allylic oxidation sites excluding steroid dienone is 1. The smallest absolute Gasteiger partial charge is 0.223 e. The van der Waals surface area contributed by atoms with Crippen molar-refractivity contribution < 1.29 is 14.0 Å². The van der Waals surface area contributed by atoms with Gasteiger partial charge in [0.1, 0.15) is 5.82 Å². The van der Waals surface area contributed by atoms with Crippen LogP contribution >= 0.6 is 11.8 Å². The number of hydrogen-bond acceptors (Lipinski definition) is 3. The van der Waals surface area contributed by atoms with E-state index < -0.39 is 0 Å². The molecule has 5 heteroatoms. The molecule has 2 rings (SSSR count). The van der Waals surface area contributed by atoms with Crippen molar-refractivity contribution in [3.63, 3.8) is 0 Å². The van der Waals surface area contributed by atoms with Gasteiger partial charge in [0, 0.05) is 31.0 Å². The predicted octanol–water partition coefficient (Wildman–Crippen LogP) is 2.45. The molecular formula is C13H12FNO2S. The molecule has 1 heterocycles. The van der Waals surface area contributed by atoms with E-state index in [1.165, 1.54) is 47.9 Å². The average Bonchev–Trinajstić information content (AvgIpc) is 2.39. The summed E-state index contributed by atoms with van der Waals surface area (Å²) in [7, 11) is 0. The van der Waals surface area contributed by atoms with Crippen molar-refractivity contribution in [3.8, 4) is 0 Å². The molecule has 94 valence electrons. The van der Waals surface area contributed by atoms with Crippen molar-refractivity contribution in [3.05, 3.63) is 46.8 Å². The zero-order chi connectivity index (χ0) is 13.1. The lowest BCUT2D eigenvalue weighted by molar-refractivity contribution is -0.126. The summed E-state index contributed by atoms with van der Waals surface area (Å²) in [5.41, 5.74) is 0.431. The first-order valence-corrected chi connectivity index (χ1v) is 6.48. The van der Waals surface area contributed by atoms with E-state index in [0.717, 1.165) is 0 Å². The third-order valence-corrected chi connectivity index (χ3v) is 3.59. The summed E-state index contributed by atoms with van der Waals surface area (Å²) < 4.78 is 12.8. The first-order valence-electron chi connectivity index (χ1n) is 5.50. The monoisotopic (exact) mass is 265 g/mol. The van der Waals surface area contributed by atoms with Gasteiger partial charge in [-0.25, -0.2) is 4.39 Å². The Labute approximate surface area is 109 Å². The van der Waals surface area contributed by atoms with Crippen LogP contribution < -0.4 is 0 Å². The van der Waals surface area contributed by atoms with Gasteiger partial charge < -0.3 is 4.90 Å². The minimum absolute atomic E-state index is 0.0836. The molecule has 0 unspecified atom stereocenters. The molecule has 1 aliphatic rings. The Morgan fingerprint density at radius 2 is 1.94 bits per heavy atom. The summed E-state index contributed by atoms with van der Waals surface area (Å²) >= 11 is 1.42. The number of amides is 1. The summed E-state index contributed by atoms with van der Waals surface area (Å²) in [4.78, 5) is 25.4. The van der Waals surface area contributed by atoms with Crippen molar-refractivity contribution >= 4 is 23.5 Å². The van der Waals surface area contributed by atoms with E-state index in [2.05, 4.69) is 0 Å². The predicted molar refractivity (Wildman–Crippen MR) is 68.7 cm³/mol. The zero-order valence-corrected chi connectivity index (χ0v) is 10.7. The SMILES string of the molecule is CC(=O)N1C=C(C(=O)c2ccc(F)cc2)SCC1. The molecule has 1 amide bonds. The molecular weight excluding hydrogens is 253 g/mol. The maximum Gasteiger partial charge on any atom is 0.223 e. The van der Waals surface area contributed by atoms with E-state index in [0.29, 0.717) is 22.8 Å². The lowest BCUT2D eigenvalue weighted by Crippen LogP contribution is -2.29. The van der Waals surface area contributed by atoms with Gasteiger partial charge in [-0.3, -0.25) is 9.59 Å². The van der Waals surface area contributed by atoms with Crippen LogP contribution in [0.1, 0.15) is 17.3 Å². The third-order valence-electron chi connectivity index (χ3n) is 2.60. The highest BCUT2D eigenvalue weighted by molar-refractivity contribution is 8.04. The van der Waals surface area contributed by atoms with E-state index in [9.17, 15) is 14.0 Å². The van der Waals surface area contributed by atoms with Crippen LogP contribution in [0, 0.1) is 5.82 Å². The number of carbonyl (C=O) groups excluding carboxylic acids is 2. The number of thioether (sulfide) groups is 1. The maximum absolute atomic E-state index is 12.8. The standard InChI is InChI=1S/C13H12FNO2S/c1-9(16)15-6-7-18-12(8-15)13(17)10-2-4-11(14)5-3-10/h2-5,8H,6-7H2,1H3. The summed E-state index contributed by atoms with van der Waals surface area (Å²) in [6.07, 6.45) is 1.57. The van der Waals surface area contributed by atoms with Crippen LogP contribution in [0.5, 0.6) is 0 Å². The summed E-state index contributed by atoms with van der Waals surface area (Å²) in [5.74, 6) is 0.0612. The van der Waals surface area contributed by atoms with E-state index in [4.69, 9.17) is 0 Å². The Morgan fingerprint density at radius 1 is 1.28 bits per heavy atom. The molecule has 0 spiro atoms. The van der Waals surface area contributed by atoms with E-state index in [1.54, 1.807) is 6.20 Å². The molecule has 0 fully saturated rings. The van der Waals surface area contributed by atoms with Crippen LogP contribution in [0.25, 0.3) is 0 Å². The number of benzene rings is 1. The quantitative estimate of drug-likeness (QED) is 0.771. The second kappa shape index (κ2) is 5.35. The van der Waals surface area contributed by atoms with Crippen LogP contribution in [-0.4, -0.2) is 28.9 Å². The fraction of sp³-hybridized carbons (Fsp3) is 0.231. The Morgan fingerprint density at radius 3 is 2.56 bits per heavy atom. The van der Waals surface area contributed by atoms with Gasteiger partial charge in [0.2, 0.25) is 11.7 Å². The number of Topliss-reactive ketones (excluding diaryl/α,β-unsaturated/α-hetero) is 1. The second-order valence-corrected chi connectivity index (χ2v) is 5.03. The Bertz CT molecular complexity index is 510. The van der Waals surface area contributed by atoms with Crippen molar-refractivity contribution in [1.82, 2.24) is 4.90 Å². The molecule has 1 aromatic rings. The Balaban J connectivity index is 2.23. The number of ketones is 1. The third kappa shape index (κ3) is 2.79. The van der Waals surface area contributed by atoms with E-state index in [1.807, 2.05) is 0 Å². The molecule has 1 aliphatic heterocycles. The van der Waals surface area contributed by atoms with Crippen LogP contribution in [0.15, 0.2) is 35.4 Å². The number of nitrogens with zero attached hydrogens (tertiary/aromatic N) is 1. The summed E-state index contributed by atoms with van der Waals surface area (Å²) in [6.45, 7) is 2.08. The van der Waals surface area contributed by atoms with Gasteiger partial charge in [-0.1, -0.05) is 0 Å². The van der Waals surface area contributed by atoms with Crippen LogP contribution in [0.3, 0.4) is 0 Å². The molecule has 0 atom stereocenters. The maximum atomic E-state index is 12.8. The zero-order valence-electron chi connectivity index (χ0n) is 9.85. The van der Waals surface area contributed by atoms with Gasteiger partial charge in [-0.15, -0.1) is 11.8 Å². The Hall–Kier alpha value is -1.62. The molecule has 0 saturated carbocycles. The Kier molecular flexibility index (Phi) is 3.81. The van der Waals surface area contributed by atoms with Gasteiger partial charge in [0.25, 0.3) is 0 Å². The van der Waals surface area contributed by atoms with Crippen molar-refractivity contribution in [1.29, 1.82) is 0 Å². The lowest BCUT2D eigenvalue weighted by atomic mass is 10.1. The molecule has 18 heavy (non-hydrogen) atoms. The minimum Gasteiger partial charge on any atom is -0.317 e. The molecule has 1 aromatic carbocycles. The first kappa shape index (κ1) is 12.8. The number of carbonyl (C=O) groups is 2. The second-order valence-electron chi connectivity index (χ2n) is 3.89. The van der Waals surface area contributed by atoms with Gasteiger partial charge >= 0.3 is 0 Å². The van der Waals surface area contributed by atoms with E-state index >= 15 is 0 Å². The summed E-state index contributed by atoms with van der Waals surface area (Å²) in [5, 5.41) is 0. The van der Waals surface area contributed by atoms with Gasteiger partial charge in [-0.2, -0.15) is 0 Å². The van der Waals surface area contributed by atoms with Crippen LogP contribution in [0.2, 0.25) is 0 Å². The first-order chi connectivity index (χ1) is 8.58. The molecule has 0 radical (unpaired) electrons. The fourth-order valence-corrected chi connectivity index (χ4v) is 2.57.